The lowest BCUT2D eigenvalue weighted by Gasteiger charge is -2.09. The van der Waals surface area contributed by atoms with Gasteiger partial charge in [0.05, 0.1) is 0 Å². The first-order valence-corrected chi connectivity index (χ1v) is 7.08. The first kappa shape index (κ1) is 16.4. The Morgan fingerprint density at radius 3 is 2.55 bits per heavy atom. The third-order valence-electron chi connectivity index (χ3n) is 3.54. The molecule has 1 amide bonds. The highest BCUT2D eigenvalue weighted by Gasteiger charge is 2.03. The van der Waals surface area contributed by atoms with Gasteiger partial charge in [0, 0.05) is 19.2 Å². The first-order valence-electron chi connectivity index (χ1n) is 7.08. The van der Waals surface area contributed by atoms with Gasteiger partial charge < -0.3 is 10.4 Å². The molecular weight excluding hydrogens is 250 g/mol. The topological polar surface area (TPSA) is 49.3 Å². The largest absolute Gasteiger partial charge is 0.396 e. The Morgan fingerprint density at radius 2 is 1.90 bits per heavy atom. The summed E-state index contributed by atoms with van der Waals surface area (Å²) in [5, 5.41) is 11.7. The Hall–Kier alpha value is -1.61. The monoisotopic (exact) mass is 275 g/mol. The van der Waals surface area contributed by atoms with E-state index in [-0.39, 0.29) is 12.5 Å². The summed E-state index contributed by atoms with van der Waals surface area (Å²) in [4.78, 5) is 11.7. The van der Waals surface area contributed by atoms with E-state index in [4.69, 9.17) is 5.11 Å². The summed E-state index contributed by atoms with van der Waals surface area (Å²) in [6, 6.07) is 4.24. The molecule has 1 unspecified atom stereocenters. The van der Waals surface area contributed by atoms with Crippen molar-refractivity contribution in [3.63, 3.8) is 0 Å². The highest BCUT2D eigenvalue weighted by atomic mass is 16.3. The summed E-state index contributed by atoms with van der Waals surface area (Å²) >= 11 is 0. The van der Waals surface area contributed by atoms with Crippen molar-refractivity contribution in [2.75, 3.05) is 13.2 Å². The van der Waals surface area contributed by atoms with E-state index < -0.39 is 0 Å². The van der Waals surface area contributed by atoms with Crippen LogP contribution in [0.25, 0.3) is 6.08 Å². The summed E-state index contributed by atoms with van der Waals surface area (Å²) in [6.45, 7) is 8.97. The maximum absolute atomic E-state index is 11.7. The molecule has 1 aromatic rings. The third-order valence-corrected chi connectivity index (χ3v) is 3.54. The van der Waals surface area contributed by atoms with Crippen molar-refractivity contribution < 1.29 is 9.90 Å². The van der Waals surface area contributed by atoms with Crippen LogP contribution >= 0.6 is 0 Å². The second-order valence-corrected chi connectivity index (χ2v) is 5.49. The molecule has 0 saturated heterocycles. The molecule has 3 heteroatoms. The summed E-state index contributed by atoms with van der Waals surface area (Å²) in [5.74, 6) is 0.202. The molecule has 0 spiro atoms. The minimum Gasteiger partial charge on any atom is -0.396 e. The second kappa shape index (κ2) is 7.85. The molecule has 20 heavy (non-hydrogen) atoms. The van der Waals surface area contributed by atoms with E-state index >= 15 is 0 Å². The lowest BCUT2D eigenvalue weighted by atomic mass is 10.0. The molecule has 0 aliphatic carbocycles. The fraction of sp³-hybridized carbons (Fsp3) is 0.471. The molecule has 1 rings (SSSR count). The Labute approximate surface area is 121 Å². The lowest BCUT2D eigenvalue weighted by molar-refractivity contribution is -0.116. The van der Waals surface area contributed by atoms with Crippen molar-refractivity contribution >= 4 is 12.0 Å². The van der Waals surface area contributed by atoms with E-state index in [0.29, 0.717) is 18.9 Å². The molecule has 1 atom stereocenters. The SMILES string of the molecule is Cc1cc(C)c(/C=C/C(=O)NCC(C)CCO)cc1C. The molecule has 0 saturated carbocycles. The van der Waals surface area contributed by atoms with Gasteiger partial charge in [0.2, 0.25) is 5.91 Å². The van der Waals surface area contributed by atoms with Gasteiger partial charge in [0.15, 0.2) is 0 Å². The number of amides is 1. The highest BCUT2D eigenvalue weighted by Crippen LogP contribution is 2.16. The van der Waals surface area contributed by atoms with Crippen molar-refractivity contribution in [2.24, 2.45) is 5.92 Å². The van der Waals surface area contributed by atoms with E-state index in [1.54, 1.807) is 6.08 Å². The van der Waals surface area contributed by atoms with E-state index in [9.17, 15) is 4.79 Å². The molecule has 0 radical (unpaired) electrons. The fourth-order valence-corrected chi connectivity index (χ4v) is 1.98. The molecule has 0 aliphatic rings. The molecule has 110 valence electrons. The van der Waals surface area contributed by atoms with Crippen LogP contribution in [0, 0.1) is 26.7 Å². The average molecular weight is 275 g/mol. The zero-order valence-corrected chi connectivity index (χ0v) is 12.9. The van der Waals surface area contributed by atoms with Gasteiger partial charge in [-0.1, -0.05) is 19.1 Å². The minimum absolute atomic E-state index is 0.0904. The normalized spacial score (nSPS) is 12.7. The number of aliphatic hydroxyl groups excluding tert-OH is 1. The number of hydrogen-bond acceptors (Lipinski definition) is 2. The Morgan fingerprint density at radius 1 is 1.25 bits per heavy atom. The van der Waals surface area contributed by atoms with Gasteiger partial charge in [-0.2, -0.15) is 0 Å². The summed E-state index contributed by atoms with van der Waals surface area (Å²) < 4.78 is 0. The number of benzene rings is 1. The Bertz CT molecular complexity index is 492. The number of aryl methyl sites for hydroxylation is 3. The number of nitrogens with one attached hydrogen (secondary N) is 1. The quantitative estimate of drug-likeness (QED) is 0.784. The van der Waals surface area contributed by atoms with Crippen LogP contribution in [0.4, 0.5) is 0 Å². The maximum atomic E-state index is 11.7. The average Bonchev–Trinajstić information content (AvgIpc) is 2.39. The van der Waals surface area contributed by atoms with E-state index in [2.05, 4.69) is 31.3 Å². The molecular formula is C17H25NO2. The van der Waals surface area contributed by atoms with Crippen LogP contribution in [0.5, 0.6) is 0 Å². The zero-order valence-electron chi connectivity index (χ0n) is 12.9. The number of aliphatic hydroxyl groups is 1. The minimum atomic E-state index is -0.0904. The van der Waals surface area contributed by atoms with Crippen molar-refractivity contribution in [2.45, 2.75) is 34.1 Å². The van der Waals surface area contributed by atoms with Crippen LogP contribution in [0.15, 0.2) is 18.2 Å². The van der Waals surface area contributed by atoms with Crippen molar-refractivity contribution in [1.29, 1.82) is 0 Å². The van der Waals surface area contributed by atoms with Crippen LogP contribution in [0.2, 0.25) is 0 Å². The second-order valence-electron chi connectivity index (χ2n) is 5.49. The Balaban J connectivity index is 2.59. The predicted molar refractivity (Wildman–Crippen MR) is 83.6 cm³/mol. The van der Waals surface area contributed by atoms with Gasteiger partial charge in [0.1, 0.15) is 0 Å². The van der Waals surface area contributed by atoms with Gasteiger partial charge >= 0.3 is 0 Å². The van der Waals surface area contributed by atoms with Crippen molar-refractivity contribution in [1.82, 2.24) is 5.32 Å². The van der Waals surface area contributed by atoms with Crippen LogP contribution in [0.1, 0.15) is 35.6 Å². The first-order chi connectivity index (χ1) is 9.43. The van der Waals surface area contributed by atoms with Crippen LogP contribution in [-0.2, 0) is 4.79 Å². The van der Waals surface area contributed by atoms with Crippen LogP contribution in [0.3, 0.4) is 0 Å². The summed E-state index contributed by atoms with van der Waals surface area (Å²) in [7, 11) is 0. The van der Waals surface area contributed by atoms with Crippen molar-refractivity contribution in [3.05, 3.63) is 40.5 Å². The van der Waals surface area contributed by atoms with Gasteiger partial charge in [0.25, 0.3) is 0 Å². The van der Waals surface area contributed by atoms with E-state index in [0.717, 1.165) is 5.56 Å². The molecule has 0 bridgehead atoms. The maximum Gasteiger partial charge on any atom is 0.244 e. The third kappa shape index (κ3) is 5.17. The van der Waals surface area contributed by atoms with Gasteiger partial charge in [-0.25, -0.2) is 0 Å². The van der Waals surface area contributed by atoms with Crippen LogP contribution in [-0.4, -0.2) is 24.2 Å². The predicted octanol–water partition coefficient (Wildman–Crippen LogP) is 2.76. The van der Waals surface area contributed by atoms with Gasteiger partial charge in [-0.05, 0) is 61.4 Å². The van der Waals surface area contributed by atoms with Crippen LogP contribution < -0.4 is 5.32 Å². The lowest BCUT2D eigenvalue weighted by Crippen LogP contribution is -2.26. The highest BCUT2D eigenvalue weighted by molar-refractivity contribution is 5.91. The van der Waals surface area contributed by atoms with E-state index in [1.807, 2.05) is 19.9 Å². The molecule has 0 heterocycles. The van der Waals surface area contributed by atoms with E-state index in [1.165, 1.54) is 16.7 Å². The Kier molecular flexibility index (Phi) is 6.46. The molecule has 0 aliphatic heterocycles. The molecule has 0 aromatic heterocycles. The number of hydrogen-bond donors (Lipinski definition) is 2. The number of rotatable bonds is 6. The van der Waals surface area contributed by atoms with Crippen molar-refractivity contribution in [3.8, 4) is 0 Å². The van der Waals surface area contributed by atoms with Gasteiger partial charge in [-0.3, -0.25) is 4.79 Å². The zero-order chi connectivity index (χ0) is 15.1. The molecule has 2 N–H and O–H groups in total. The smallest absolute Gasteiger partial charge is 0.244 e. The standard InChI is InChI=1S/C17H25NO2/c1-12(7-8-19)11-18-17(20)6-5-16-10-14(3)13(2)9-15(16)4/h5-6,9-10,12,19H,7-8,11H2,1-4H3,(H,18,20)/b6-5+. The molecule has 3 nitrogen and oxygen atoms in total. The summed E-state index contributed by atoms with van der Waals surface area (Å²) in [5.41, 5.74) is 4.74. The summed E-state index contributed by atoms with van der Waals surface area (Å²) in [6.07, 6.45) is 4.14. The molecule has 1 aromatic carbocycles. The van der Waals surface area contributed by atoms with Gasteiger partial charge in [-0.15, -0.1) is 0 Å². The molecule has 0 fully saturated rings. The fourth-order valence-electron chi connectivity index (χ4n) is 1.98. The number of carbonyl (C=O) groups excluding carboxylic acids is 1. The number of carbonyl (C=O) groups is 1.